The van der Waals surface area contributed by atoms with Gasteiger partial charge in [-0.15, -0.1) is 0 Å². The quantitative estimate of drug-likeness (QED) is 0.551. The van der Waals surface area contributed by atoms with Crippen LogP contribution in [0.25, 0.3) is 0 Å². The SMILES string of the molecule is CCCN(C(=O)C(NC(=O)OC(C)(C)C)C(C)C)C(C(=O)NC(C)(C)C)c1c(C)cccc1C. The molecule has 192 valence electrons. The molecule has 0 bridgehead atoms. The molecule has 0 spiro atoms. The van der Waals surface area contributed by atoms with Crippen molar-refractivity contribution in [3.05, 3.63) is 34.9 Å². The summed E-state index contributed by atoms with van der Waals surface area (Å²) in [7, 11) is 0. The minimum atomic E-state index is -0.837. The van der Waals surface area contributed by atoms with Crippen molar-refractivity contribution in [2.24, 2.45) is 5.92 Å². The summed E-state index contributed by atoms with van der Waals surface area (Å²) in [5.74, 6) is -0.755. The Bertz CT molecular complexity index is 845. The van der Waals surface area contributed by atoms with E-state index in [9.17, 15) is 14.4 Å². The number of amides is 3. The summed E-state index contributed by atoms with van der Waals surface area (Å²) in [5.41, 5.74) is 1.52. The van der Waals surface area contributed by atoms with E-state index in [1.807, 2.05) is 73.6 Å². The molecule has 2 unspecified atom stereocenters. The Labute approximate surface area is 206 Å². The minimum absolute atomic E-state index is 0.205. The third kappa shape index (κ3) is 8.65. The number of carbonyl (C=O) groups excluding carboxylic acids is 3. The van der Waals surface area contributed by atoms with E-state index in [1.54, 1.807) is 25.7 Å². The maximum absolute atomic E-state index is 14.0. The Morgan fingerprint density at radius 3 is 1.94 bits per heavy atom. The molecule has 0 aliphatic heterocycles. The molecule has 1 rings (SSSR count). The van der Waals surface area contributed by atoms with Crippen molar-refractivity contribution in [2.45, 2.75) is 106 Å². The van der Waals surface area contributed by atoms with E-state index in [0.29, 0.717) is 13.0 Å². The number of rotatable bonds is 8. The number of hydrogen-bond donors (Lipinski definition) is 2. The van der Waals surface area contributed by atoms with Gasteiger partial charge in [-0.25, -0.2) is 4.79 Å². The number of hydrogen-bond acceptors (Lipinski definition) is 4. The van der Waals surface area contributed by atoms with Gasteiger partial charge in [-0.3, -0.25) is 9.59 Å². The van der Waals surface area contributed by atoms with Gasteiger partial charge in [0.05, 0.1) is 0 Å². The highest BCUT2D eigenvalue weighted by Crippen LogP contribution is 2.30. The molecular weight excluding hydrogens is 430 g/mol. The molecule has 3 amide bonds. The number of ether oxygens (including phenoxy) is 1. The second-order valence-corrected chi connectivity index (χ2v) is 11.3. The minimum Gasteiger partial charge on any atom is -0.444 e. The van der Waals surface area contributed by atoms with Crippen molar-refractivity contribution >= 4 is 17.9 Å². The van der Waals surface area contributed by atoms with Crippen molar-refractivity contribution < 1.29 is 19.1 Å². The van der Waals surface area contributed by atoms with Crippen molar-refractivity contribution in [3.63, 3.8) is 0 Å². The average molecular weight is 476 g/mol. The molecule has 1 aromatic carbocycles. The summed E-state index contributed by atoms with van der Waals surface area (Å²) < 4.78 is 5.40. The topological polar surface area (TPSA) is 87.7 Å². The number of aryl methyl sites for hydroxylation is 2. The summed E-state index contributed by atoms with van der Waals surface area (Å²) >= 11 is 0. The van der Waals surface area contributed by atoms with Crippen LogP contribution in [0.2, 0.25) is 0 Å². The van der Waals surface area contributed by atoms with Crippen LogP contribution >= 0.6 is 0 Å². The van der Waals surface area contributed by atoms with Crippen molar-refractivity contribution in [1.29, 1.82) is 0 Å². The van der Waals surface area contributed by atoms with Crippen LogP contribution in [0.15, 0.2) is 18.2 Å². The molecule has 7 nitrogen and oxygen atoms in total. The molecule has 0 aromatic heterocycles. The zero-order valence-corrected chi connectivity index (χ0v) is 23.0. The highest BCUT2D eigenvalue weighted by atomic mass is 16.6. The summed E-state index contributed by atoms with van der Waals surface area (Å²) in [5, 5.41) is 5.81. The third-order valence-corrected chi connectivity index (χ3v) is 5.23. The smallest absolute Gasteiger partial charge is 0.408 e. The van der Waals surface area contributed by atoms with E-state index in [4.69, 9.17) is 4.74 Å². The van der Waals surface area contributed by atoms with E-state index in [0.717, 1.165) is 16.7 Å². The lowest BCUT2D eigenvalue weighted by Gasteiger charge is -2.37. The number of nitrogens with zero attached hydrogens (tertiary/aromatic N) is 1. The Morgan fingerprint density at radius 2 is 1.53 bits per heavy atom. The van der Waals surface area contributed by atoms with Crippen LogP contribution in [0.5, 0.6) is 0 Å². The molecule has 0 fully saturated rings. The second-order valence-electron chi connectivity index (χ2n) is 11.3. The predicted molar refractivity (Wildman–Crippen MR) is 137 cm³/mol. The van der Waals surface area contributed by atoms with E-state index >= 15 is 0 Å². The Hall–Kier alpha value is -2.57. The van der Waals surface area contributed by atoms with Gasteiger partial charge in [-0.05, 0) is 84.4 Å². The first kappa shape index (κ1) is 29.5. The van der Waals surface area contributed by atoms with Gasteiger partial charge in [0.2, 0.25) is 11.8 Å². The van der Waals surface area contributed by atoms with Gasteiger partial charge in [-0.1, -0.05) is 39.0 Å². The lowest BCUT2D eigenvalue weighted by molar-refractivity contribution is -0.144. The molecule has 1 aromatic rings. The number of alkyl carbamates (subject to hydrolysis) is 1. The number of nitrogens with one attached hydrogen (secondary N) is 2. The number of carbonyl (C=O) groups is 3. The fourth-order valence-corrected chi connectivity index (χ4v) is 3.86. The van der Waals surface area contributed by atoms with E-state index in [-0.39, 0.29) is 17.7 Å². The van der Waals surface area contributed by atoms with Crippen LogP contribution in [0.1, 0.15) is 91.5 Å². The van der Waals surface area contributed by atoms with Gasteiger partial charge >= 0.3 is 6.09 Å². The highest BCUT2D eigenvalue weighted by Gasteiger charge is 2.39. The molecule has 2 N–H and O–H groups in total. The summed E-state index contributed by atoms with van der Waals surface area (Å²) in [6.07, 6.45) is 0.00602. The first-order valence-electron chi connectivity index (χ1n) is 12.2. The Balaban J connectivity index is 3.55. The Morgan fingerprint density at radius 1 is 1.00 bits per heavy atom. The molecule has 2 atom stereocenters. The summed E-state index contributed by atoms with van der Waals surface area (Å²) in [4.78, 5) is 41.8. The zero-order chi connectivity index (χ0) is 26.4. The van der Waals surface area contributed by atoms with Gasteiger partial charge in [0.25, 0.3) is 0 Å². The molecule has 0 aliphatic carbocycles. The maximum Gasteiger partial charge on any atom is 0.408 e. The fourth-order valence-electron chi connectivity index (χ4n) is 3.86. The molecular formula is C27H45N3O4. The van der Waals surface area contributed by atoms with Crippen LogP contribution in [0.4, 0.5) is 4.79 Å². The lowest BCUT2D eigenvalue weighted by Crippen LogP contribution is -2.56. The molecule has 7 heteroatoms. The molecule has 0 heterocycles. The van der Waals surface area contributed by atoms with Crippen molar-refractivity contribution in [3.8, 4) is 0 Å². The maximum atomic E-state index is 14.0. The molecule has 0 radical (unpaired) electrons. The van der Waals surface area contributed by atoms with Gasteiger partial charge in [0.1, 0.15) is 17.7 Å². The largest absolute Gasteiger partial charge is 0.444 e. The summed E-state index contributed by atoms with van der Waals surface area (Å²) in [6.45, 7) is 21.0. The van der Waals surface area contributed by atoms with E-state index in [2.05, 4.69) is 10.6 Å². The zero-order valence-electron chi connectivity index (χ0n) is 23.0. The average Bonchev–Trinajstić information content (AvgIpc) is 2.64. The van der Waals surface area contributed by atoms with Crippen molar-refractivity contribution in [1.82, 2.24) is 15.5 Å². The van der Waals surface area contributed by atoms with E-state index in [1.165, 1.54) is 0 Å². The fraction of sp³-hybridized carbons (Fsp3) is 0.667. The molecule has 0 saturated carbocycles. The van der Waals surface area contributed by atoms with Crippen LogP contribution in [-0.2, 0) is 14.3 Å². The third-order valence-electron chi connectivity index (χ3n) is 5.23. The predicted octanol–water partition coefficient (Wildman–Crippen LogP) is 5.05. The normalized spacial score (nSPS) is 13.8. The molecule has 0 saturated heterocycles. The molecule has 0 aliphatic rings. The monoisotopic (exact) mass is 475 g/mol. The number of benzene rings is 1. The molecule has 34 heavy (non-hydrogen) atoms. The summed E-state index contributed by atoms with van der Waals surface area (Å²) in [6, 6.07) is 4.19. The van der Waals surface area contributed by atoms with Crippen LogP contribution in [0.3, 0.4) is 0 Å². The van der Waals surface area contributed by atoms with Crippen LogP contribution in [-0.4, -0.2) is 46.5 Å². The van der Waals surface area contributed by atoms with Crippen molar-refractivity contribution in [2.75, 3.05) is 6.54 Å². The lowest BCUT2D eigenvalue weighted by atomic mass is 9.92. The van der Waals surface area contributed by atoms with Crippen LogP contribution in [0, 0.1) is 19.8 Å². The van der Waals surface area contributed by atoms with Gasteiger partial charge < -0.3 is 20.3 Å². The standard InChI is InChI=1S/C27H45N3O4/c1-12-16-30(24(32)21(17(2)3)28-25(33)34-27(9,10)11)22(23(31)29-26(6,7)8)20-18(4)14-13-15-19(20)5/h13-15,17,21-22H,12,16H2,1-11H3,(H,28,33)(H,29,31). The van der Waals surface area contributed by atoms with Gasteiger partial charge in [0, 0.05) is 12.1 Å². The first-order chi connectivity index (χ1) is 15.5. The Kier molecular flexibility index (Phi) is 10.2. The first-order valence-corrected chi connectivity index (χ1v) is 12.2. The van der Waals surface area contributed by atoms with Gasteiger partial charge in [0.15, 0.2) is 0 Å². The van der Waals surface area contributed by atoms with E-state index < -0.39 is 29.3 Å². The van der Waals surface area contributed by atoms with Gasteiger partial charge in [-0.2, -0.15) is 0 Å². The second kappa shape index (κ2) is 11.7. The van der Waals surface area contributed by atoms with Crippen LogP contribution < -0.4 is 10.6 Å². The highest BCUT2D eigenvalue weighted by molar-refractivity contribution is 5.93.